The van der Waals surface area contributed by atoms with E-state index >= 15 is 0 Å². The molecule has 5 rings (SSSR count). The highest BCUT2D eigenvalue weighted by Crippen LogP contribution is 2.29. The summed E-state index contributed by atoms with van der Waals surface area (Å²) in [6.45, 7) is 1.83. The number of carbonyl (C=O) groups is 4. The molecule has 0 saturated carbocycles. The maximum Gasteiger partial charge on any atom is 0.282 e. The molecule has 2 aromatic carbocycles. The first kappa shape index (κ1) is 19.8. The lowest BCUT2D eigenvalue weighted by Gasteiger charge is -2.15. The van der Waals surface area contributed by atoms with Gasteiger partial charge >= 0.3 is 0 Å². The second-order valence-electron chi connectivity index (χ2n) is 7.32. The first-order chi connectivity index (χ1) is 15.3. The molecule has 2 aliphatic heterocycles. The fraction of sp³-hybridized carbons (Fsp3) is 0.0435. The van der Waals surface area contributed by atoms with Crippen LogP contribution in [0.25, 0.3) is 17.4 Å². The van der Waals surface area contributed by atoms with Gasteiger partial charge in [-0.3, -0.25) is 29.9 Å². The molecule has 0 bridgehead atoms. The number of nitrogens with one attached hydrogen (secondary N) is 2. The average molecular weight is 448 g/mol. The summed E-state index contributed by atoms with van der Waals surface area (Å²) in [5, 5.41) is 3.83. The first-order valence-electron chi connectivity index (χ1n) is 9.55. The van der Waals surface area contributed by atoms with Crippen molar-refractivity contribution in [1.82, 2.24) is 10.7 Å². The molecule has 0 radical (unpaired) electrons. The molecule has 2 aliphatic rings. The van der Waals surface area contributed by atoms with Crippen LogP contribution in [0.1, 0.15) is 32.0 Å². The largest absolute Gasteiger partial charge is 0.457 e. The molecule has 0 unspecified atom stereocenters. The third-order valence-electron chi connectivity index (χ3n) is 5.24. The van der Waals surface area contributed by atoms with Crippen molar-refractivity contribution in [3.8, 4) is 11.3 Å². The number of aryl methyl sites for hydroxylation is 1. The molecule has 9 heteroatoms. The van der Waals surface area contributed by atoms with Gasteiger partial charge in [-0.2, -0.15) is 0 Å². The topological polar surface area (TPSA) is 109 Å². The number of anilines is 1. The molecule has 32 heavy (non-hydrogen) atoms. The van der Waals surface area contributed by atoms with Crippen molar-refractivity contribution in [3.05, 3.63) is 81.6 Å². The third kappa shape index (κ3) is 3.17. The predicted molar refractivity (Wildman–Crippen MR) is 116 cm³/mol. The van der Waals surface area contributed by atoms with Crippen LogP contribution >= 0.6 is 11.6 Å². The van der Waals surface area contributed by atoms with Gasteiger partial charge in [-0.1, -0.05) is 23.7 Å². The Labute approximate surface area is 186 Å². The smallest absolute Gasteiger partial charge is 0.282 e. The van der Waals surface area contributed by atoms with Crippen molar-refractivity contribution in [2.45, 2.75) is 6.92 Å². The molecule has 4 amide bonds. The minimum atomic E-state index is -0.572. The Bertz CT molecular complexity index is 1390. The van der Waals surface area contributed by atoms with Crippen molar-refractivity contribution in [3.63, 3.8) is 0 Å². The SMILES string of the molecule is Cc1ccc(N2NC(=O)/C(=C/c3ccc(-c4ccc5c(c4)C(=O)NC5=O)o3)C2=O)cc1Cl. The predicted octanol–water partition coefficient (Wildman–Crippen LogP) is 3.25. The van der Waals surface area contributed by atoms with Crippen LogP contribution < -0.4 is 15.8 Å². The van der Waals surface area contributed by atoms with E-state index in [-0.39, 0.29) is 16.9 Å². The van der Waals surface area contributed by atoms with Crippen LogP contribution in [0.15, 0.2) is 58.5 Å². The van der Waals surface area contributed by atoms with E-state index in [9.17, 15) is 19.2 Å². The number of hydrazine groups is 1. The van der Waals surface area contributed by atoms with Gasteiger partial charge in [-0.05, 0) is 55.0 Å². The Kier molecular flexibility index (Phi) is 4.45. The van der Waals surface area contributed by atoms with Gasteiger partial charge in [-0.15, -0.1) is 0 Å². The maximum atomic E-state index is 12.8. The van der Waals surface area contributed by atoms with E-state index in [1.165, 1.54) is 6.08 Å². The van der Waals surface area contributed by atoms with Crippen molar-refractivity contribution >= 4 is 47.0 Å². The zero-order valence-electron chi connectivity index (χ0n) is 16.6. The molecule has 1 aromatic heterocycles. The summed E-state index contributed by atoms with van der Waals surface area (Å²) in [6, 6.07) is 13.0. The molecule has 0 atom stereocenters. The third-order valence-corrected chi connectivity index (χ3v) is 5.65. The summed E-state index contributed by atoms with van der Waals surface area (Å²) in [5.74, 6) is -1.32. The van der Waals surface area contributed by atoms with E-state index in [0.717, 1.165) is 10.6 Å². The lowest BCUT2D eigenvalue weighted by atomic mass is 10.0. The zero-order valence-corrected chi connectivity index (χ0v) is 17.3. The standard InChI is InChI=1S/C23H14ClN3O5/c1-11-2-4-13(9-18(11)24)27-23(31)17(22(30)26-27)10-14-5-7-19(32-14)12-3-6-15-16(8-12)21(29)25-20(15)28/h2-10H,1H3,(H,26,30)(H,25,28,29)/b17-10-. The monoisotopic (exact) mass is 447 g/mol. The molecule has 1 saturated heterocycles. The highest BCUT2D eigenvalue weighted by molar-refractivity contribution is 6.33. The Morgan fingerprint density at radius 3 is 2.47 bits per heavy atom. The summed E-state index contributed by atoms with van der Waals surface area (Å²) in [6.07, 6.45) is 1.35. The summed E-state index contributed by atoms with van der Waals surface area (Å²) >= 11 is 6.13. The fourth-order valence-electron chi connectivity index (χ4n) is 3.51. The Hall–Kier alpha value is -4.17. The van der Waals surface area contributed by atoms with Crippen LogP contribution in [0.2, 0.25) is 5.02 Å². The molecule has 158 valence electrons. The van der Waals surface area contributed by atoms with Crippen LogP contribution in [0.5, 0.6) is 0 Å². The Morgan fingerprint density at radius 1 is 0.906 bits per heavy atom. The molecular weight excluding hydrogens is 434 g/mol. The first-order valence-corrected chi connectivity index (χ1v) is 9.93. The van der Waals surface area contributed by atoms with E-state index in [2.05, 4.69) is 10.7 Å². The molecule has 0 spiro atoms. The van der Waals surface area contributed by atoms with Crippen molar-refractivity contribution in [1.29, 1.82) is 0 Å². The number of amides is 4. The van der Waals surface area contributed by atoms with Gasteiger partial charge in [0.15, 0.2) is 0 Å². The van der Waals surface area contributed by atoms with E-state index in [4.69, 9.17) is 16.0 Å². The van der Waals surface area contributed by atoms with E-state index < -0.39 is 23.6 Å². The number of furan rings is 1. The molecule has 3 heterocycles. The summed E-state index contributed by atoms with van der Waals surface area (Å²) in [4.78, 5) is 48.8. The maximum absolute atomic E-state index is 12.8. The van der Waals surface area contributed by atoms with Gasteiger partial charge in [0.05, 0.1) is 16.8 Å². The van der Waals surface area contributed by atoms with E-state index in [1.807, 2.05) is 6.92 Å². The minimum Gasteiger partial charge on any atom is -0.457 e. The highest BCUT2D eigenvalue weighted by atomic mass is 35.5. The Balaban J connectivity index is 1.43. The van der Waals surface area contributed by atoms with Crippen molar-refractivity contribution < 1.29 is 23.6 Å². The number of halogens is 1. The Morgan fingerprint density at radius 2 is 1.69 bits per heavy atom. The van der Waals surface area contributed by atoms with Gasteiger partial charge in [0.2, 0.25) is 0 Å². The van der Waals surface area contributed by atoms with Crippen molar-refractivity contribution in [2.75, 3.05) is 5.01 Å². The van der Waals surface area contributed by atoms with E-state index in [0.29, 0.717) is 27.6 Å². The fourth-order valence-corrected chi connectivity index (χ4v) is 3.68. The molecule has 0 aliphatic carbocycles. The number of rotatable bonds is 3. The number of hydrogen-bond donors (Lipinski definition) is 2. The van der Waals surface area contributed by atoms with Gasteiger partial charge in [0.1, 0.15) is 17.1 Å². The molecule has 8 nitrogen and oxygen atoms in total. The van der Waals surface area contributed by atoms with Crippen LogP contribution in [-0.4, -0.2) is 23.6 Å². The van der Waals surface area contributed by atoms with Crippen molar-refractivity contribution in [2.24, 2.45) is 0 Å². The number of carbonyl (C=O) groups excluding carboxylic acids is 4. The molecular formula is C23H14ClN3O5. The summed E-state index contributed by atoms with van der Waals surface area (Å²) in [7, 11) is 0. The van der Waals surface area contributed by atoms with Gasteiger partial charge in [0.25, 0.3) is 23.6 Å². The molecule has 3 aromatic rings. The quantitative estimate of drug-likeness (QED) is 0.364. The van der Waals surface area contributed by atoms with Gasteiger partial charge in [-0.25, -0.2) is 5.01 Å². The highest BCUT2D eigenvalue weighted by Gasteiger charge is 2.35. The van der Waals surface area contributed by atoms with E-state index in [1.54, 1.807) is 48.5 Å². The zero-order chi connectivity index (χ0) is 22.6. The second kappa shape index (κ2) is 7.21. The minimum absolute atomic E-state index is 0.0958. The number of imide groups is 1. The summed E-state index contributed by atoms with van der Waals surface area (Å²) in [5.41, 5.74) is 4.85. The summed E-state index contributed by atoms with van der Waals surface area (Å²) < 4.78 is 5.76. The second-order valence-corrected chi connectivity index (χ2v) is 7.73. The average Bonchev–Trinajstić information content (AvgIpc) is 3.43. The van der Waals surface area contributed by atoms with Crippen LogP contribution in [0.3, 0.4) is 0 Å². The molecule has 2 N–H and O–H groups in total. The van der Waals surface area contributed by atoms with Crippen LogP contribution in [-0.2, 0) is 9.59 Å². The number of nitrogens with zero attached hydrogens (tertiary/aromatic N) is 1. The lowest BCUT2D eigenvalue weighted by Crippen LogP contribution is -2.35. The normalized spacial score (nSPS) is 16.6. The van der Waals surface area contributed by atoms with Crippen LogP contribution in [0.4, 0.5) is 5.69 Å². The number of benzene rings is 2. The number of hydrogen-bond acceptors (Lipinski definition) is 5. The van der Waals surface area contributed by atoms with Gasteiger partial charge < -0.3 is 4.42 Å². The lowest BCUT2D eigenvalue weighted by molar-refractivity contribution is -0.117. The number of fused-ring (bicyclic) bond motifs is 1. The van der Waals surface area contributed by atoms with Crippen LogP contribution in [0, 0.1) is 6.92 Å². The molecule has 1 fully saturated rings. The van der Waals surface area contributed by atoms with Gasteiger partial charge in [0, 0.05) is 10.6 Å².